The van der Waals surface area contributed by atoms with Gasteiger partial charge in [-0.1, -0.05) is 35.9 Å². The van der Waals surface area contributed by atoms with Crippen molar-refractivity contribution in [1.29, 1.82) is 0 Å². The lowest BCUT2D eigenvalue weighted by atomic mass is 9.96. The Morgan fingerprint density at radius 3 is 2.58 bits per heavy atom. The summed E-state index contributed by atoms with van der Waals surface area (Å²) in [5.74, 6) is -1.51. The summed E-state index contributed by atoms with van der Waals surface area (Å²) in [7, 11) is 0. The first-order valence-corrected chi connectivity index (χ1v) is 11.6. The quantitative estimate of drug-likeness (QED) is 0.179. The molecular weight excluding hydrogens is 492 g/mol. The molecule has 0 bridgehead atoms. The second kappa shape index (κ2) is 11.8. The van der Waals surface area contributed by atoms with E-state index < -0.39 is 23.0 Å². The molecule has 1 aromatic carbocycles. The Balaban J connectivity index is 1.32. The van der Waals surface area contributed by atoms with Gasteiger partial charge in [-0.05, 0) is 60.0 Å². The van der Waals surface area contributed by atoms with Gasteiger partial charge in [0.05, 0.1) is 22.6 Å². The van der Waals surface area contributed by atoms with Gasteiger partial charge < -0.3 is 9.47 Å². The highest BCUT2D eigenvalue weighted by Crippen LogP contribution is 2.27. The van der Waals surface area contributed by atoms with E-state index in [1.807, 2.05) is 37.3 Å². The number of hydrogen-bond acceptors (Lipinski definition) is 10. The lowest BCUT2D eigenvalue weighted by molar-refractivity contribution is -0.435. The summed E-state index contributed by atoms with van der Waals surface area (Å²) >= 11 is 0. The molecule has 38 heavy (non-hydrogen) atoms. The Hall–Kier alpha value is -5.00. The Bertz CT molecular complexity index is 1430. The van der Waals surface area contributed by atoms with Gasteiger partial charge in [0, 0.05) is 18.0 Å². The van der Waals surface area contributed by atoms with Gasteiger partial charge in [0.2, 0.25) is 6.10 Å². The zero-order valence-electron chi connectivity index (χ0n) is 20.7. The number of carbonyl (C=O) groups is 2. The van der Waals surface area contributed by atoms with Gasteiger partial charge in [-0.25, -0.2) is 14.3 Å². The maximum Gasteiger partial charge on any atom is 0.340 e. The van der Waals surface area contributed by atoms with E-state index in [0.717, 1.165) is 16.7 Å². The van der Waals surface area contributed by atoms with Crippen LogP contribution in [0.3, 0.4) is 0 Å². The van der Waals surface area contributed by atoms with E-state index in [4.69, 9.17) is 9.47 Å². The smallest absolute Gasteiger partial charge is 0.340 e. The van der Waals surface area contributed by atoms with E-state index in [-0.39, 0.29) is 23.4 Å². The van der Waals surface area contributed by atoms with Crippen molar-refractivity contribution >= 4 is 18.0 Å². The number of hydrogen-bond donors (Lipinski definition) is 0. The van der Waals surface area contributed by atoms with E-state index in [2.05, 4.69) is 20.5 Å². The Morgan fingerprint density at radius 1 is 1.16 bits per heavy atom. The van der Waals surface area contributed by atoms with E-state index in [1.165, 1.54) is 24.8 Å². The van der Waals surface area contributed by atoms with Gasteiger partial charge in [0.25, 0.3) is 5.70 Å². The minimum absolute atomic E-state index is 0.00228. The number of ether oxygens (including phenoxy) is 2. The van der Waals surface area contributed by atoms with Crippen LogP contribution in [0.15, 0.2) is 78.0 Å². The molecule has 0 saturated heterocycles. The fraction of sp³-hybridized carbons (Fsp3) is 0.231. The van der Waals surface area contributed by atoms with Gasteiger partial charge in [0.15, 0.2) is 0 Å². The molecule has 1 unspecified atom stereocenters. The molecule has 12 nitrogen and oxygen atoms in total. The molecule has 0 spiro atoms. The highest BCUT2D eigenvalue weighted by Gasteiger charge is 2.33. The Morgan fingerprint density at radius 2 is 1.89 bits per heavy atom. The molecule has 4 rings (SSSR count). The summed E-state index contributed by atoms with van der Waals surface area (Å²) in [6.07, 6.45) is 8.38. The van der Waals surface area contributed by atoms with Gasteiger partial charge >= 0.3 is 11.9 Å². The Labute approximate surface area is 217 Å². The molecule has 12 heteroatoms. The largest absolute Gasteiger partial charge is 0.458 e. The van der Waals surface area contributed by atoms with Gasteiger partial charge in [-0.15, -0.1) is 5.10 Å². The molecule has 0 saturated carbocycles. The number of nitrogens with zero attached hydrogens (tertiary/aromatic N) is 6. The zero-order chi connectivity index (χ0) is 27.1. The first kappa shape index (κ1) is 26.1. The second-order valence-electron chi connectivity index (χ2n) is 8.65. The molecule has 3 aromatic rings. The van der Waals surface area contributed by atoms with E-state index in [1.54, 1.807) is 23.8 Å². The fourth-order valence-corrected chi connectivity index (χ4v) is 3.91. The average Bonchev–Trinajstić information content (AvgIpc) is 3.40. The number of carbonyl (C=O) groups excluding carboxylic acids is 2. The summed E-state index contributed by atoms with van der Waals surface area (Å²) in [6.45, 7) is 4.00. The molecule has 1 atom stereocenters. The fourth-order valence-electron chi connectivity index (χ4n) is 3.91. The number of tetrazole rings is 1. The third-order valence-corrected chi connectivity index (χ3v) is 5.66. The Kier molecular flexibility index (Phi) is 8.11. The predicted molar refractivity (Wildman–Crippen MR) is 134 cm³/mol. The normalized spacial score (nSPS) is 15.3. The number of rotatable bonds is 9. The van der Waals surface area contributed by atoms with Crippen molar-refractivity contribution < 1.29 is 24.0 Å². The summed E-state index contributed by atoms with van der Waals surface area (Å²) in [5, 5.41) is 22.5. The average molecular weight is 517 g/mol. The monoisotopic (exact) mass is 516 g/mol. The molecule has 0 N–H and O–H groups in total. The van der Waals surface area contributed by atoms with Crippen LogP contribution in [0.25, 0.3) is 6.08 Å². The molecule has 0 fully saturated rings. The van der Waals surface area contributed by atoms with Crippen LogP contribution in [0.2, 0.25) is 0 Å². The summed E-state index contributed by atoms with van der Waals surface area (Å²) in [5.41, 5.74) is 3.19. The molecule has 2 heterocycles. The van der Waals surface area contributed by atoms with Crippen LogP contribution in [-0.2, 0) is 16.0 Å². The number of aromatic nitrogens is 5. The van der Waals surface area contributed by atoms with Crippen LogP contribution in [0.4, 0.5) is 0 Å². The number of nitro groups is 1. The van der Waals surface area contributed by atoms with Crippen molar-refractivity contribution in [3.05, 3.63) is 110 Å². The minimum Gasteiger partial charge on any atom is -0.458 e. The molecular formula is C26H24N6O6. The van der Waals surface area contributed by atoms with Crippen LogP contribution < -0.4 is 0 Å². The van der Waals surface area contributed by atoms with Crippen LogP contribution in [0.5, 0.6) is 0 Å². The van der Waals surface area contributed by atoms with Gasteiger partial charge in [-0.2, -0.15) is 0 Å². The second-order valence-corrected chi connectivity index (χ2v) is 8.65. The first-order chi connectivity index (χ1) is 18.3. The van der Waals surface area contributed by atoms with Crippen LogP contribution in [-0.4, -0.2) is 54.8 Å². The number of allylic oxidation sites excluding steroid dienone is 2. The van der Waals surface area contributed by atoms with E-state index in [0.29, 0.717) is 18.5 Å². The number of pyridine rings is 1. The number of benzene rings is 1. The summed E-state index contributed by atoms with van der Waals surface area (Å²) in [4.78, 5) is 40.0. The summed E-state index contributed by atoms with van der Waals surface area (Å²) < 4.78 is 12.3. The highest BCUT2D eigenvalue weighted by atomic mass is 16.6. The minimum atomic E-state index is -1.12. The van der Waals surface area contributed by atoms with Crippen LogP contribution >= 0.6 is 0 Å². The summed E-state index contributed by atoms with van der Waals surface area (Å²) in [6, 6.07) is 9.01. The molecule has 194 valence electrons. The van der Waals surface area contributed by atoms with Crippen molar-refractivity contribution in [2.75, 3.05) is 6.61 Å². The molecule has 1 aliphatic carbocycles. The highest BCUT2D eigenvalue weighted by molar-refractivity contribution is 5.95. The SMILES string of the molecule is CC1=CC(OC(=O)c2cncc(C(=O)OC/C=C/c3ccc(Cn4cnnn4)cc3)c2)C([N+](=O)[O-])=C(C)C1. The number of esters is 2. The third kappa shape index (κ3) is 6.60. The molecule has 0 radical (unpaired) electrons. The van der Waals surface area contributed by atoms with E-state index in [9.17, 15) is 19.7 Å². The van der Waals surface area contributed by atoms with Crippen molar-refractivity contribution in [2.45, 2.75) is 32.9 Å². The topological polar surface area (TPSA) is 152 Å². The van der Waals surface area contributed by atoms with Crippen LogP contribution in [0, 0.1) is 10.1 Å². The van der Waals surface area contributed by atoms with Crippen molar-refractivity contribution in [1.82, 2.24) is 25.2 Å². The first-order valence-electron chi connectivity index (χ1n) is 11.6. The van der Waals surface area contributed by atoms with E-state index >= 15 is 0 Å². The van der Waals surface area contributed by atoms with Gasteiger partial charge in [-0.3, -0.25) is 15.1 Å². The molecule has 0 amide bonds. The maximum atomic E-state index is 12.7. The zero-order valence-corrected chi connectivity index (χ0v) is 20.7. The molecule has 0 aliphatic heterocycles. The van der Waals surface area contributed by atoms with Gasteiger partial charge in [0.1, 0.15) is 12.9 Å². The third-order valence-electron chi connectivity index (χ3n) is 5.66. The molecule has 1 aliphatic rings. The maximum absolute atomic E-state index is 12.7. The lowest BCUT2D eigenvalue weighted by Gasteiger charge is -2.19. The molecule has 2 aromatic heterocycles. The standard InChI is InChI=1S/C26H24N6O6/c1-17-10-18(2)24(32(35)36)23(11-17)38-26(34)22-12-21(13-27-14-22)25(33)37-9-3-4-19-5-7-20(8-6-19)15-31-16-28-29-30-31/h3-8,11-14,16,23H,9-10,15H2,1-2H3/b4-3+. The van der Waals surface area contributed by atoms with Crippen molar-refractivity contribution in [3.8, 4) is 0 Å². The lowest BCUT2D eigenvalue weighted by Crippen LogP contribution is -2.26. The van der Waals surface area contributed by atoms with Crippen molar-refractivity contribution in [2.24, 2.45) is 0 Å². The predicted octanol–water partition coefficient (Wildman–Crippen LogP) is 3.41. The van der Waals surface area contributed by atoms with Crippen LogP contribution in [0.1, 0.15) is 52.1 Å². The van der Waals surface area contributed by atoms with Crippen molar-refractivity contribution in [3.63, 3.8) is 0 Å².